The van der Waals surface area contributed by atoms with E-state index < -0.39 is 10.8 Å². The van der Waals surface area contributed by atoms with E-state index in [2.05, 4.69) is 10.3 Å². The van der Waals surface area contributed by atoms with E-state index in [1.54, 1.807) is 12.1 Å². The van der Waals surface area contributed by atoms with Crippen LogP contribution in [0.5, 0.6) is 0 Å². The molecule has 6 nitrogen and oxygen atoms in total. The molecule has 1 amide bonds. The van der Waals surface area contributed by atoms with Crippen molar-refractivity contribution in [1.29, 1.82) is 0 Å². The number of aromatic amines is 1. The number of para-hydroxylation sites is 1. The van der Waals surface area contributed by atoms with E-state index in [0.717, 1.165) is 27.1 Å². The van der Waals surface area contributed by atoms with Gasteiger partial charge in [0, 0.05) is 39.2 Å². The van der Waals surface area contributed by atoms with Crippen molar-refractivity contribution in [2.45, 2.75) is 4.90 Å². The van der Waals surface area contributed by atoms with E-state index in [1.165, 1.54) is 42.1 Å². The molecular formula is C23H17ClFN3O3S. The number of nitrogens with zero attached hydrogens (tertiary/aromatic N) is 1. The Hall–Kier alpha value is -3.36. The minimum Gasteiger partial charge on any atom is -0.354 e. The monoisotopic (exact) mass is 469 g/mol. The van der Waals surface area contributed by atoms with Gasteiger partial charge in [-0.25, -0.2) is 4.39 Å². The maximum Gasteiger partial charge on any atom is 0.282 e. The van der Waals surface area contributed by atoms with Crippen LogP contribution in [0.15, 0.2) is 71.6 Å². The van der Waals surface area contributed by atoms with Gasteiger partial charge in [0.1, 0.15) is 11.4 Å². The third-order valence-corrected chi connectivity index (χ3v) is 6.18. The summed E-state index contributed by atoms with van der Waals surface area (Å²) in [6.45, 7) is 0.287. The van der Waals surface area contributed by atoms with Crippen LogP contribution in [0.1, 0.15) is 10.4 Å². The zero-order chi connectivity index (χ0) is 22.7. The summed E-state index contributed by atoms with van der Waals surface area (Å²) >= 11 is 7.44. The minimum absolute atomic E-state index is 0.0772. The molecule has 0 aliphatic heterocycles. The lowest BCUT2D eigenvalue weighted by molar-refractivity contribution is -0.385. The second-order valence-corrected chi connectivity index (χ2v) is 8.45. The predicted molar refractivity (Wildman–Crippen MR) is 125 cm³/mol. The molecular weight excluding hydrogens is 453 g/mol. The highest BCUT2D eigenvalue weighted by atomic mass is 35.5. The van der Waals surface area contributed by atoms with Crippen LogP contribution < -0.4 is 5.32 Å². The summed E-state index contributed by atoms with van der Waals surface area (Å²) in [6.07, 6.45) is 0. The molecule has 2 N–H and O–H groups in total. The molecule has 1 heterocycles. The number of halogens is 2. The van der Waals surface area contributed by atoms with Crippen LogP contribution in [0.2, 0.25) is 5.02 Å². The fourth-order valence-corrected chi connectivity index (χ4v) is 4.58. The highest BCUT2D eigenvalue weighted by Crippen LogP contribution is 2.37. The first kappa shape index (κ1) is 21.9. The number of nitro benzene ring substituents is 1. The Balaban J connectivity index is 1.50. The number of carbonyl (C=O) groups is 1. The van der Waals surface area contributed by atoms with Gasteiger partial charge in [0.2, 0.25) is 0 Å². The number of carbonyl (C=O) groups excluding carboxylic acids is 1. The second-order valence-electron chi connectivity index (χ2n) is 6.90. The van der Waals surface area contributed by atoms with Crippen LogP contribution in [0.3, 0.4) is 0 Å². The number of nitro groups is 1. The summed E-state index contributed by atoms with van der Waals surface area (Å²) in [5.41, 5.74) is 2.30. The number of amides is 1. The predicted octanol–water partition coefficient (Wildman–Crippen LogP) is 6.06. The molecule has 162 valence electrons. The van der Waals surface area contributed by atoms with Crippen molar-refractivity contribution >= 4 is 45.9 Å². The fourth-order valence-electron chi connectivity index (χ4n) is 3.35. The van der Waals surface area contributed by atoms with Crippen molar-refractivity contribution in [3.8, 4) is 11.3 Å². The van der Waals surface area contributed by atoms with Gasteiger partial charge in [-0.15, -0.1) is 11.8 Å². The summed E-state index contributed by atoms with van der Waals surface area (Å²) < 4.78 is 13.4. The van der Waals surface area contributed by atoms with E-state index in [-0.39, 0.29) is 28.6 Å². The first-order valence-electron chi connectivity index (χ1n) is 9.65. The molecule has 0 saturated carbocycles. The number of hydrogen-bond donors (Lipinski definition) is 2. The van der Waals surface area contributed by atoms with Gasteiger partial charge in [-0.1, -0.05) is 29.8 Å². The third kappa shape index (κ3) is 4.61. The van der Waals surface area contributed by atoms with Crippen molar-refractivity contribution in [1.82, 2.24) is 10.3 Å². The third-order valence-electron chi connectivity index (χ3n) is 4.83. The summed E-state index contributed by atoms with van der Waals surface area (Å²) in [7, 11) is 0. The molecule has 0 aliphatic rings. The topological polar surface area (TPSA) is 88.0 Å². The number of rotatable bonds is 7. The second kappa shape index (κ2) is 9.42. The molecule has 32 heavy (non-hydrogen) atoms. The maximum absolute atomic E-state index is 13.4. The smallest absolute Gasteiger partial charge is 0.282 e. The van der Waals surface area contributed by atoms with Crippen molar-refractivity contribution < 1.29 is 14.1 Å². The lowest BCUT2D eigenvalue weighted by Gasteiger charge is -2.08. The SMILES string of the molecule is O=C(NCCSc1c(-c2ccc(F)cc2)[nH]c2ccccc12)c1cc(Cl)ccc1[N+](=O)[O-]. The van der Waals surface area contributed by atoms with Crippen LogP contribution in [0.4, 0.5) is 10.1 Å². The summed E-state index contributed by atoms with van der Waals surface area (Å²) in [6, 6.07) is 18.0. The molecule has 0 fully saturated rings. The van der Waals surface area contributed by atoms with Gasteiger partial charge in [-0.05, 0) is 48.0 Å². The van der Waals surface area contributed by atoms with Gasteiger partial charge >= 0.3 is 0 Å². The minimum atomic E-state index is -0.610. The molecule has 0 aliphatic carbocycles. The van der Waals surface area contributed by atoms with Crippen molar-refractivity contribution in [2.24, 2.45) is 0 Å². The molecule has 0 spiro atoms. The molecule has 1 aromatic heterocycles. The van der Waals surface area contributed by atoms with E-state index in [4.69, 9.17) is 11.6 Å². The van der Waals surface area contributed by atoms with Gasteiger partial charge in [-0.2, -0.15) is 0 Å². The maximum atomic E-state index is 13.4. The largest absolute Gasteiger partial charge is 0.354 e. The molecule has 3 aromatic carbocycles. The van der Waals surface area contributed by atoms with E-state index in [1.807, 2.05) is 24.3 Å². The lowest BCUT2D eigenvalue weighted by Crippen LogP contribution is -2.26. The average Bonchev–Trinajstić information content (AvgIpc) is 3.15. The highest BCUT2D eigenvalue weighted by molar-refractivity contribution is 7.99. The molecule has 4 rings (SSSR count). The van der Waals surface area contributed by atoms with Gasteiger partial charge in [0.25, 0.3) is 11.6 Å². The van der Waals surface area contributed by atoms with Crippen molar-refractivity contribution in [3.63, 3.8) is 0 Å². The number of benzene rings is 3. The summed E-state index contributed by atoms with van der Waals surface area (Å²) in [5.74, 6) is -0.342. The summed E-state index contributed by atoms with van der Waals surface area (Å²) in [5, 5.41) is 15.2. The van der Waals surface area contributed by atoms with Crippen LogP contribution in [0, 0.1) is 15.9 Å². The van der Waals surface area contributed by atoms with E-state index in [0.29, 0.717) is 5.75 Å². The lowest BCUT2D eigenvalue weighted by atomic mass is 10.1. The van der Waals surface area contributed by atoms with E-state index in [9.17, 15) is 19.3 Å². The Morgan fingerprint density at radius 3 is 2.62 bits per heavy atom. The first-order chi connectivity index (χ1) is 15.4. The highest BCUT2D eigenvalue weighted by Gasteiger charge is 2.20. The Morgan fingerprint density at radius 1 is 1.12 bits per heavy atom. The van der Waals surface area contributed by atoms with Crippen LogP contribution in [-0.2, 0) is 0 Å². The number of nitrogens with one attached hydrogen (secondary N) is 2. The Morgan fingerprint density at radius 2 is 1.88 bits per heavy atom. The fraction of sp³-hybridized carbons (Fsp3) is 0.0870. The Bertz CT molecular complexity index is 1310. The zero-order valence-corrected chi connectivity index (χ0v) is 18.2. The van der Waals surface area contributed by atoms with Crippen LogP contribution in [0.25, 0.3) is 22.2 Å². The Kier molecular flexibility index (Phi) is 6.43. The zero-order valence-electron chi connectivity index (χ0n) is 16.6. The molecule has 0 radical (unpaired) electrons. The van der Waals surface area contributed by atoms with Crippen LogP contribution >= 0.6 is 23.4 Å². The van der Waals surface area contributed by atoms with Crippen molar-refractivity contribution in [3.05, 3.63) is 93.2 Å². The van der Waals surface area contributed by atoms with E-state index >= 15 is 0 Å². The summed E-state index contributed by atoms with van der Waals surface area (Å²) in [4.78, 5) is 27.4. The van der Waals surface area contributed by atoms with Gasteiger partial charge in [0.05, 0.1) is 10.6 Å². The Labute approximate surface area is 191 Å². The first-order valence-corrected chi connectivity index (χ1v) is 11.0. The van der Waals surface area contributed by atoms with Gasteiger partial charge in [0.15, 0.2) is 0 Å². The number of aromatic nitrogens is 1. The number of hydrogen-bond acceptors (Lipinski definition) is 4. The molecule has 0 unspecified atom stereocenters. The molecule has 0 bridgehead atoms. The molecule has 0 atom stereocenters. The number of thioether (sulfide) groups is 1. The van der Waals surface area contributed by atoms with Gasteiger partial charge in [-0.3, -0.25) is 14.9 Å². The van der Waals surface area contributed by atoms with Crippen LogP contribution in [-0.4, -0.2) is 28.1 Å². The van der Waals surface area contributed by atoms with Crippen molar-refractivity contribution in [2.75, 3.05) is 12.3 Å². The number of H-pyrrole nitrogens is 1. The van der Waals surface area contributed by atoms with Gasteiger partial charge < -0.3 is 10.3 Å². The standard InChI is InChI=1S/C23H17ClFN3O3S/c24-15-7-10-20(28(30)31)18(13-15)23(29)26-11-12-32-22-17-3-1-2-4-19(17)27-21(22)14-5-8-16(25)9-6-14/h1-10,13,27H,11-12H2,(H,26,29). The normalized spacial score (nSPS) is 10.9. The quantitative estimate of drug-likeness (QED) is 0.149. The molecule has 9 heteroatoms. The molecule has 0 saturated heterocycles. The average molecular weight is 470 g/mol. The number of fused-ring (bicyclic) bond motifs is 1. The molecule has 4 aromatic rings.